The molecule has 6 heteroatoms. The molecule has 0 aliphatic heterocycles. The summed E-state index contributed by atoms with van der Waals surface area (Å²) in [6.07, 6.45) is 5.16. The lowest BCUT2D eigenvalue weighted by molar-refractivity contribution is 0.564. The summed E-state index contributed by atoms with van der Waals surface area (Å²) in [5, 5.41) is 11.1. The van der Waals surface area contributed by atoms with E-state index < -0.39 is 0 Å². The van der Waals surface area contributed by atoms with Crippen LogP contribution in [0.5, 0.6) is 0 Å². The van der Waals surface area contributed by atoms with E-state index in [0.717, 1.165) is 33.4 Å². The molecular weight excluding hydrogens is 290 g/mol. The monoisotopic (exact) mass is 305 g/mol. The minimum atomic E-state index is 0.509. The second kappa shape index (κ2) is 5.49. The molecule has 4 N–H and O–H groups in total. The Morgan fingerprint density at radius 3 is 2.91 bits per heavy atom. The van der Waals surface area contributed by atoms with Gasteiger partial charge in [0.05, 0.1) is 18.0 Å². The quantitative estimate of drug-likeness (QED) is 0.537. The first-order valence-electron chi connectivity index (χ1n) is 7.24. The molecule has 3 aromatic heterocycles. The van der Waals surface area contributed by atoms with Gasteiger partial charge < -0.3 is 15.5 Å². The smallest absolute Gasteiger partial charge is 0.153 e. The number of aromatic nitrogens is 3. The maximum atomic E-state index is 5.88. The van der Waals surface area contributed by atoms with Crippen molar-refractivity contribution in [1.29, 1.82) is 0 Å². The lowest BCUT2D eigenvalue weighted by Crippen LogP contribution is -2.00. The van der Waals surface area contributed by atoms with E-state index in [2.05, 4.69) is 20.5 Å². The molecule has 0 unspecified atom stereocenters. The van der Waals surface area contributed by atoms with Crippen molar-refractivity contribution in [2.24, 2.45) is 0 Å². The number of nitrogens with one attached hydrogen (secondary N) is 2. The average molecular weight is 305 g/mol. The summed E-state index contributed by atoms with van der Waals surface area (Å²) >= 11 is 0. The van der Waals surface area contributed by atoms with Gasteiger partial charge in [0.25, 0.3) is 0 Å². The van der Waals surface area contributed by atoms with Crippen LogP contribution in [-0.4, -0.2) is 15.2 Å². The van der Waals surface area contributed by atoms with Gasteiger partial charge >= 0.3 is 0 Å². The number of aromatic amines is 1. The molecular formula is C17H15N5O. The van der Waals surface area contributed by atoms with Gasteiger partial charge in [-0.05, 0) is 41.5 Å². The molecule has 6 nitrogen and oxygen atoms in total. The van der Waals surface area contributed by atoms with Crippen LogP contribution in [0.1, 0.15) is 5.56 Å². The van der Waals surface area contributed by atoms with Crippen molar-refractivity contribution in [2.75, 3.05) is 11.1 Å². The van der Waals surface area contributed by atoms with E-state index in [9.17, 15) is 0 Å². The first-order valence-corrected chi connectivity index (χ1v) is 7.24. The summed E-state index contributed by atoms with van der Waals surface area (Å²) in [7, 11) is 0. The molecule has 114 valence electrons. The Kier molecular flexibility index (Phi) is 3.20. The zero-order valence-corrected chi connectivity index (χ0v) is 12.3. The lowest BCUT2D eigenvalue weighted by atomic mass is 10.0. The predicted molar refractivity (Wildman–Crippen MR) is 89.8 cm³/mol. The van der Waals surface area contributed by atoms with Crippen LogP contribution in [0.2, 0.25) is 0 Å². The third kappa shape index (κ3) is 2.62. The number of H-pyrrole nitrogens is 1. The van der Waals surface area contributed by atoms with Crippen LogP contribution in [0, 0.1) is 0 Å². The van der Waals surface area contributed by atoms with E-state index in [1.165, 1.54) is 0 Å². The average Bonchev–Trinajstić information content (AvgIpc) is 3.23. The number of anilines is 2. The Labute approximate surface area is 132 Å². The van der Waals surface area contributed by atoms with Crippen LogP contribution in [0.4, 0.5) is 11.6 Å². The van der Waals surface area contributed by atoms with Gasteiger partial charge in [0.2, 0.25) is 0 Å². The minimum absolute atomic E-state index is 0.509. The van der Waals surface area contributed by atoms with E-state index in [0.29, 0.717) is 12.4 Å². The molecule has 4 rings (SSSR count). The van der Waals surface area contributed by atoms with E-state index in [-0.39, 0.29) is 0 Å². The maximum absolute atomic E-state index is 5.88. The molecule has 0 saturated carbocycles. The second-order valence-corrected chi connectivity index (χ2v) is 5.28. The van der Waals surface area contributed by atoms with E-state index in [1.54, 1.807) is 18.7 Å². The van der Waals surface area contributed by atoms with Crippen LogP contribution >= 0.6 is 0 Å². The van der Waals surface area contributed by atoms with Crippen molar-refractivity contribution in [3.05, 3.63) is 60.7 Å². The van der Waals surface area contributed by atoms with E-state index >= 15 is 0 Å². The standard InChI is InChI=1S/C17H15N5O/c18-17-14-7-12(1-2-15(14)21-22-17)13-3-5-19-16(8-13)20-9-11-4-6-23-10-11/h1-8,10H,9H2,(H,19,20)(H3,18,21,22). The Bertz CT molecular complexity index is 943. The van der Waals surface area contributed by atoms with Crippen molar-refractivity contribution in [3.8, 4) is 11.1 Å². The maximum Gasteiger partial charge on any atom is 0.153 e. The molecule has 0 saturated heterocycles. The number of rotatable bonds is 4. The Hall–Kier alpha value is -3.28. The van der Waals surface area contributed by atoms with Crippen molar-refractivity contribution >= 4 is 22.5 Å². The molecule has 0 radical (unpaired) electrons. The van der Waals surface area contributed by atoms with Crippen molar-refractivity contribution in [2.45, 2.75) is 6.54 Å². The van der Waals surface area contributed by atoms with Crippen molar-refractivity contribution in [1.82, 2.24) is 15.2 Å². The fourth-order valence-corrected chi connectivity index (χ4v) is 2.51. The summed E-state index contributed by atoms with van der Waals surface area (Å²) in [5.41, 5.74) is 10.0. The van der Waals surface area contributed by atoms with Crippen molar-refractivity contribution in [3.63, 3.8) is 0 Å². The number of fused-ring (bicyclic) bond motifs is 1. The van der Waals surface area contributed by atoms with Crippen LogP contribution in [0.15, 0.2) is 59.5 Å². The van der Waals surface area contributed by atoms with Gasteiger partial charge in [-0.1, -0.05) is 6.07 Å². The van der Waals surface area contributed by atoms with E-state index in [1.807, 2.05) is 36.4 Å². The highest BCUT2D eigenvalue weighted by atomic mass is 16.3. The van der Waals surface area contributed by atoms with Gasteiger partial charge in [-0.3, -0.25) is 5.10 Å². The van der Waals surface area contributed by atoms with Crippen LogP contribution in [-0.2, 0) is 6.54 Å². The molecule has 0 amide bonds. The predicted octanol–water partition coefficient (Wildman–Crippen LogP) is 3.41. The molecule has 0 fully saturated rings. The summed E-state index contributed by atoms with van der Waals surface area (Å²) in [4.78, 5) is 4.35. The van der Waals surface area contributed by atoms with E-state index in [4.69, 9.17) is 10.2 Å². The first-order chi connectivity index (χ1) is 11.3. The SMILES string of the molecule is Nc1n[nH]c2ccc(-c3ccnc(NCc4ccoc4)c3)cc12. The summed E-state index contributed by atoms with van der Waals surface area (Å²) < 4.78 is 5.06. The number of hydrogen-bond donors (Lipinski definition) is 3. The Balaban J connectivity index is 1.62. The molecule has 0 aliphatic rings. The van der Waals surface area contributed by atoms with Gasteiger partial charge in [0.15, 0.2) is 5.82 Å². The van der Waals surface area contributed by atoms with Gasteiger partial charge in [0.1, 0.15) is 5.82 Å². The highest BCUT2D eigenvalue weighted by Gasteiger charge is 2.06. The third-order valence-corrected chi connectivity index (χ3v) is 3.74. The number of nitrogens with zero attached hydrogens (tertiary/aromatic N) is 2. The molecule has 1 aromatic carbocycles. The summed E-state index contributed by atoms with van der Waals surface area (Å²) in [6, 6.07) is 12.0. The zero-order chi connectivity index (χ0) is 15.6. The Morgan fingerprint density at radius 2 is 2.04 bits per heavy atom. The van der Waals surface area contributed by atoms with Gasteiger partial charge in [-0.15, -0.1) is 0 Å². The van der Waals surface area contributed by atoms with Crippen LogP contribution in [0.3, 0.4) is 0 Å². The fourth-order valence-electron chi connectivity index (χ4n) is 2.51. The minimum Gasteiger partial charge on any atom is -0.472 e. The van der Waals surface area contributed by atoms with Gasteiger partial charge in [-0.2, -0.15) is 5.10 Å². The molecule has 0 bridgehead atoms. The molecule has 23 heavy (non-hydrogen) atoms. The van der Waals surface area contributed by atoms with Gasteiger partial charge in [-0.25, -0.2) is 4.98 Å². The molecule has 3 heterocycles. The highest BCUT2D eigenvalue weighted by molar-refractivity contribution is 5.92. The molecule has 0 spiro atoms. The van der Waals surface area contributed by atoms with Crippen LogP contribution in [0.25, 0.3) is 22.0 Å². The second-order valence-electron chi connectivity index (χ2n) is 5.28. The first kappa shape index (κ1) is 13.4. The molecule has 0 atom stereocenters. The fraction of sp³-hybridized carbons (Fsp3) is 0.0588. The number of hydrogen-bond acceptors (Lipinski definition) is 5. The van der Waals surface area contributed by atoms with Gasteiger partial charge in [0, 0.05) is 23.7 Å². The zero-order valence-electron chi connectivity index (χ0n) is 12.3. The van der Waals surface area contributed by atoms with Crippen molar-refractivity contribution < 1.29 is 4.42 Å². The number of benzene rings is 1. The molecule has 0 aliphatic carbocycles. The third-order valence-electron chi connectivity index (χ3n) is 3.74. The number of pyridine rings is 1. The summed E-state index contributed by atoms with van der Waals surface area (Å²) in [6.45, 7) is 0.667. The number of nitrogens with two attached hydrogens (primary N) is 1. The highest BCUT2D eigenvalue weighted by Crippen LogP contribution is 2.27. The lowest BCUT2D eigenvalue weighted by Gasteiger charge is -2.07. The number of nitrogen functional groups attached to an aromatic ring is 1. The topological polar surface area (TPSA) is 92.8 Å². The summed E-state index contributed by atoms with van der Waals surface area (Å²) in [5.74, 6) is 1.32. The van der Waals surface area contributed by atoms with Crippen LogP contribution < -0.4 is 11.1 Å². The molecule has 4 aromatic rings. The normalized spacial score (nSPS) is 11.0. The largest absolute Gasteiger partial charge is 0.472 e. The number of furan rings is 1. The Morgan fingerprint density at radius 1 is 1.13 bits per heavy atom.